The molecule has 7 heteroatoms. The van der Waals surface area contributed by atoms with Crippen LogP contribution in [0.15, 0.2) is 18.2 Å². The summed E-state index contributed by atoms with van der Waals surface area (Å²) in [5.74, 6) is -1.52. The van der Waals surface area contributed by atoms with E-state index in [9.17, 15) is 31.4 Å². The van der Waals surface area contributed by atoms with Crippen LogP contribution in [0.1, 0.15) is 102 Å². The number of unbranched alkanes of at least 4 members (excludes halogenated alkanes) is 5. The smallest absolute Gasteiger partial charge is 0.389 e. The Morgan fingerprint density at radius 2 is 1.13 bits per heavy atom. The predicted octanol–water partition coefficient (Wildman–Crippen LogP) is 8.60. The van der Waals surface area contributed by atoms with Gasteiger partial charge in [0, 0.05) is 5.92 Å². The van der Waals surface area contributed by atoms with E-state index in [-0.39, 0.29) is 23.5 Å². The molecule has 0 aliphatic rings. The predicted molar refractivity (Wildman–Crippen MR) is 112 cm³/mol. The van der Waals surface area contributed by atoms with Gasteiger partial charge < -0.3 is 5.11 Å². The van der Waals surface area contributed by atoms with Gasteiger partial charge >= 0.3 is 12.4 Å². The fourth-order valence-corrected chi connectivity index (χ4v) is 4.45. The molecule has 0 amide bonds. The normalized spacial score (nSPS) is 14.5. The maximum Gasteiger partial charge on any atom is 0.416 e. The zero-order valence-corrected chi connectivity index (χ0v) is 19.1. The molecular formula is C24H36F6O. The molecule has 0 spiro atoms. The number of alkyl halides is 6. The second-order valence-electron chi connectivity index (χ2n) is 9.14. The zero-order chi connectivity index (χ0) is 24.0. The van der Waals surface area contributed by atoms with Gasteiger partial charge in [0.2, 0.25) is 0 Å². The third-order valence-corrected chi connectivity index (χ3v) is 6.27. The molecule has 0 saturated heterocycles. The highest BCUT2D eigenvalue weighted by atomic mass is 19.4. The van der Waals surface area contributed by atoms with E-state index in [0.717, 1.165) is 44.2 Å². The molecule has 180 valence electrons. The molecule has 0 fully saturated rings. The van der Waals surface area contributed by atoms with Crippen molar-refractivity contribution in [3.8, 4) is 0 Å². The third-order valence-electron chi connectivity index (χ3n) is 6.27. The molecule has 0 aromatic heterocycles. The molecule has 0 radical (unpaired) electrons. The van der Waals surface area contributed by atoms with Crippen LogP contribution in [-0.4, -0.2) is 10.7 Å². The Bertz CT molecular complexity index is 635. The molecule has 0 saturated carbocycles. The maximum atomic E-state index is 13.4. The molecule has 0 heterocycles. The van der Waals surface area contributed by atoms with Crippen molar-refractivity contribution in [2.24, 2.45) is 11.8 Å². The van der Waals surface area contributed by atoms with Crippen molar-refractivity contribution in [3.05, 3.63) is 34.9 Å². The number of rotatable bonds is 11. The average molecular weight is 455 g/mol. The zero-order valence-electron chi connectivity index (χ0n) is 19.1. The first-order valence-corrected chi connectivity index (χ1v) is 11.2. The van der Waals surface area contributed by atoms with Gasteiger partial charge in [-0.1, -0.05) is 73.1 Å². The molecule has 1 aromatic carbocycles. The summed E-state index contributed by atoms with van der Waals surface area (Å²) in [6, 6.07) is 1.72. The van der Waals surface area contributed by atoms with E-state index in [2.05, 4.69) is 6.92 Å². The Morgan fingerprint density at radius 1 is 0.710 bits per heavy atom. The van der Waals surface area contributed by atoms with Crippen LogP contribution in [0, 0.1) is 11.8 Å². The Morgan fingerprint density at radius 3 is 1.52 bits per heavy atom. The lowest BCUT2D eigenvalue weighted by molar-refractivity contribution is -0.143. The van der Waals surface area contributed by atoms with Crippen LogP contribution in [0.25, 0.3) is 0 Å². The van der Waals surface area contributed by atoms with Crippen molar-refractivity contribution >= 4 is 0 Å². The van der Waals surface area contributed by atoms with Crippen LogP contribution < -0.4 is 0 Å². The molecule has 1 aromatic rings. The Hall–Kier alpha value is -1.24. The highest BCUT2D eigenvalue weighted by Crippen LogP contribution is 2.46. The van der Waals surface area contributed by atoms with E-state index in [0.29, 0.717) is 12.8 Å². The average Bonchev–Trinajstić information content (AvgIpc) is 2.64. The molecule has 0 bridgehead atoms. The molecule has 1 N–H and O–H groups in total. The van der Waals surface area contributed by atoms with Crippen LogP contribution in [0.2, 0.25) is 0 Å². The summed E-state index contributed by atoms with van der Waals surface area (Å²) in [6.45, 7) is 9.12. The van der Waals surface area contributed by atoms with Crippen LogP contribution in [0.3, 0.4) is 0 Å². The largest absolute Gasteiger partial charge is 0.416 e. The monoisotopic (exact) mass is 454 g/mol. The lowest BCUT2D eigenvalue weighted by Gasteiger charge is -2.44. The van der Waals surface area contributed by atoms with Crippen molar-refractivity contribution in [2.45, 2.75) is 103 Å². The van der Waals surface area contributed by atoms with Gasteiger partial charge in [-0.15, -0.1) is 0 Å². The quantitative estimate of drug-likeness (QED) is 0.262. The molecule has 1 rings (SSSR count). The van der Waals surface area contributed by atoms with Gasteiger partial charge in [-0.3, -0.25) is 0 Å². The number of hydrogen-bond acceptors (Lipinski definition) is 1. The summed E-state index contributed by atoms with van der Waals surface area (Å²) in [6.07, 6.45) is -3.86. The standard InChI is InChI=1S/C24H36F6O/c1-6-7-8-9-10-11-12-21(22(31,16(2)3)17(4)5)18-13-19(23(25,26)27)15-20(14-18)24(28,29)30/h13-17,21,31H,6-12H2,1-5H3. The third kappa shape index (κ3) is 7.40. The molecule has 0 aliphatic heterocycles. The van der Waals surface area contributed by atoms with Crippen LogP contribution in [0.5, 0.6) is 0 Å². The van der Waals surface area contributed by atoms with Crippen LogP contribution in [0.4, 0.5) is 26.3 Å². The molecule has 31 heavy (non-hydrogen) atoms. The first-order valence-electron chi connectivity index (χ1n) is 11.2. The molecule has 1 unspecified atom stereocenters. The maximum absolute atomic E-state index is 13.4. The summed E-state index contributed by atoms with van der Waals surface area (Å²) in [4.78, 5) is 0. The van der Waals surface area contributed by atoms with Crippen molar-refractivity contribution in [2.75, 3.05) is 0 Å². The summed E-state index contributed by atoms with van der Waals surface area (Å²) in [7, 11) is 0. The van der Waals surface area contributed by atoms with Crippen LogP contribution >= 0.6 is 0 Å². The van der Waals surface area contributed by atoms with Gasteiger partial charge in [-0.25, -0.2) is 0 Å². The number of aliphatic hydroxyl groups is 1. The minimum Gasteiger partial charge on any atom is -0.389 e. The first kappa shape index (κ1) is 27.8. The Balaban J connectivity index is 3.46. The van der Waals surface area contributed by atoms with E-state index >= 15 is 0 Å². The number of hydrogen-bond donors (Lipinski definition) is 1. The molecule has 1 nitrogen and oxygen atoms in total. The summed E-state index contributed by atoms with van der Waals surface area (Å²) >= 11 is 0. The Kier molecular flexibility index (Phi) is 9.92. The van der Waals surface area contributed by atoms with Crippen molar-refractivity contribution in [1.29, 1.82) is 0 Å². The van der Waals surface area contributed by atoms with Crippen LogP contribution in [-0.2, 0) is 12.4 Å². The molecule has 1 atom stereocenters. The molecule has 0 aliphatic carbocycles. The highest BCUT2D eigenvalue weighted by Gasteiger charge is 2.45. The van der Waals surface area contributed by atoms with Gasteiger partial charge in [0.25, 0.3) is 0 Å². The lowest BCUT2D eigenvalue weighted by Crippen LogP contribution is -2.46. The number of benzene rings is 1. The minimum atomic E-state index is -4.91. The lowest BCUT2D eigenvalue weighted by atomic mass is 9.66. The Labute approximate surface area is 182 Å². The van der Waals surface area contributed by atoms with Crippen molar-refractivity contribution in [1.82, 2.24) is 0 Å². The second kappa shape index (κ2) is 11.1. The number of halogens is 6. The van der Waals surface area contributed by atoms with E-state index in [4.69, 9.17) is 0 Å². The first-order chi connectivity index (χ1) is 14.2. The van der Waals surface area contributed by atoms with Crippen molar-refractivity contribution in [3.63, 3.8) is 0 Å². The van der Waals surface area contributed by atoms with Gasteiger partial charge in [-0.05, 0) is 42.0 Å². The van der Waals surface area contributed by atoms with E-state index < -0.39 is 35.0 Å². The van der Waals surface area contributed by atoms with Gasteiger partial charge in [0.05, 0.1) is 16.7 Å². The van der Waals surface area contributed by atoms with E-state index in [1.165, 1.54) is 0 Å². The highest BCUT2D eigenvalue weighted by molar-refractivity contribution is 5.37. The van der Waals surface area contributed by atoms with E-state index in [1.54, 1.807) is 27.7 Å². The second-order valence-corrected chi connectivity index (χ2v) is 9.14. The SMILES string of the molecule is CCCCCCCCC(c1cc(C(F)(F)F)cc(C(F)(F)F)c1)C(O)(C(C)C)C(C)C. The summed E-state index contributed by atoms with van der Waals surface area (Å²) in [5, 5.41) is 11.5. The van der Waals surface area contributed by atoms with Gasteiger partial charge in [0.15, 0.2) is 0 Å². The van der Waals surface area contributed by atoms with Gasteiger partial charge in [0.1, 0.15) is 0 Å². The fraction of sp³-hybridized carbons (Fsp3) is 0.750. The minimum absolute atomic E-state index is 0.0967. The summed E-state index contributed by atoms with van der Waals surface area (Å²) in [5.41, 5.74) is -4.20. The molecular weight excluding hydrogens is 418 g/mol. The topological polar surface area (TPSA) is 20.2 Å². The van der Waals surface area contributed by atoms with Gasteiger partial charge in [-0.2, -0.15) is 26.3 Å². The summed E-state index contributed by atoms with van der Waals surface area (Å²) < 4.78 is 80.4. The fourth-order valence-electron chi connectivity index (χ4n) is 4.45. The van der Waals surface area contributed by atoms with E-state index in [1.807, 2.05) is 0 Å². The van der Waals surface area contributed by atoms with Crippen molar-refractivity contribution < 1.29 is 31.4 Å².